The summed E-state index contributed by atoms with van der Waals surface area (Å²) in [5, 5.41) is 12.1. The summed E-state index contributed by atoms with van der Waals surface area (Å²) in [6.45, 7) is 3.56. The van der Waals surface area contributed by atoms with Gasteiger partial charge in [-0.1, -0.05) is 0 Å². The summed E-state index contributed by atoms with van der Waals surface area (Å²) < 4.78 is 0. The molecule has 1 fully saturated rings. The van der Waals surface area contributed by atoms with Crippen molar-refractivity contribution in [2.75, 3.05) is 25.0 Å². The molecule has 2 N–H and O–H groups in total. The van der Waals surface area contributed by atoms with Crippen LogP contribution < -0.4 is 5.32 Å². The van der Waals surface area contributed by atoms with Crippen LogP contribution in [0, 0.1) is 0 Å². The number of carbonyl (C=O) groups is 1. The number of rotatable bonds is 7. The number of pyridine rings is 1. The van der Waals surface area contributed by atoms with E-state index in [4.69, 9.17) is 5.11 Å². The van der Waals surface area contributed by atoms with E-state index in [2.05, 4.69) is 10.3 Å². The van der Waals surface area contributed by atoms with Crippen LogP contribution in [0.3, 0.4) is 0 Å². The number of hydrogen-bond acceptors (Lipinski definition) is 4. The number of nitrogens with one attached hydrogen (secondary N) is 1. The molecule has 1 aromatic rings. The van der Waals surface area contributed by atoms with Gasteiger partial charge in [0.15, 0.2) is 0 Å². The van der Waals surface area contributed by atoms with Gasteiger partial charge < -0.3 is 15.3 Å². The van der Waals surface area contributed by atoms with Crippen molar-refractivity contribution in [1.29, 1.82) is 0 Å². The number of aliphatic hydroxyl groups is 1. The fourth-order valence-electron chi connectivity index (χ4n) is 2.36. The third kappa shape index (κ3) is 3.48. The predicted octanol–water partition coefficient (Wildman–Crippen LogP) is 1.89. The van der Waals surface area contributed by atoms with Crippen molar-refractivity contribution >= 4 is 11.7 Å². The molecule has 0 aliphatic heterocycles. The zero-order chi connectivity index (χ0) is 14.4. The maximum Gasteiger partial charge on any atom is 0.255 e. The topological polar surface area (TPSA) is 65.5 Å². The molecule has 0 unspecified atom stereocenters. The molecule has 0 aromatic carbocycles. The highest BCUT2D eigenvalue weighted by atomic mass is 16.3. The Kier molecular flexibility index (Phi) is 5.35. The van der Waals surface area contributed by atoms with E-state index in [-0.39, 0.29) is 12.5 Å². The summed E-state index contributed by atoms with van der Waals surface area (Å²) in [5.74, 6) is 0.813. The second-order valence-corrected chi connectivity index (χ2v) is 5.12. The molecule has 2 rings (SSSR count). The number of anilines is 1. The molecule has 0 radical (unpaired) electrons. The lowest BCUT2D eigenvalue weighted by molar-refractivity contribution is 0.0562. The van der Waals surface area contributed by atoms with E-state index in [9.17, 15) is 4.79 Å². The molecular formula is C15H23N3O2. The Morgan fingerprint density at radius 1 is 1.50 bits per heavy atom. The van der Waals surface area contributed by atoms with E-state index in [1.165, 1.54) is 6.42 Å². The number of aliphatic hydroxyl groups excluding tert-OH is 1. The summed E-state index contributed by atoms with van der Waals surface area (Å²) in [6, 6.07) is 3.99. The van der Waals surface area contributed by atoms with Crippen molar-refractivity contribution < 1.29 is 9.90 Å². The molecule has 1 amide bonds. The maximum absolute atomic E-state index is 12.5. The van der Waals surface area contributed by atoms with Crippen molar-refractivity contribution in [2.45, 2.75) is 38.6 Å². The minimum absolute atomic E-state index is 0.0266. The molecule has 5 nitrogen and oxygen atoms in total. The van der Waals surface area contributed by atoms with E-state index >= 15 is 0 Å². The summed E-state index contributed by atoms with van der Waals surface area (Å²) in [6.07, 6.45) is 5.58. The van der Waals surface area contributed by atoms with E-state index in [0.717, 1.165) is 25.2 Å². The Bertz CT molecular complexity index is 429. The first-order chi connectivity index (χ1) is 9.76. The van der Waals surface area contributed by atoms with Crippen molar-refractivity contribution in [3.05, 3.63) is 23.9 Å². The molecule has 20 heavy (non-hydrogen) atoms. The van der Waals surface area contributed by atoms with Gasteiger partial charge in [-0.25, -0.2) is 4.98 Å². The molecule has 110 valence electrons. The summed E-state index contributed by atoms with van der Waals surface area (Å²) >= 11 is 0. The lowest BCUT2D eigenvalue weighted by atomic mass is 9.91. The first-order valence-corrected chi connectivity index (χ1v) is 7.38. The third-order valence-corrected chi connectivity index (χ3v) is 3.70. The largest absolute Gasteiger partial charge is 0.396 e. The van der Waals surface area contributed by atoms with E-state index < -0.39 is 0 Å². The fourth-order valence-corrected chi connectivity index (χ4v) is 2.36. The highest BCUT2D eigenvalue weighted by molar-refractivity contribution is 5.94. The molecule has 5 heteroatoms. The molecular weight excluding hydrogens is 254 g/mol. The van der Waals surface area contributed by atoms with E-state index in [1.54, 1.807) is 6.20 Å². The molecule has 0 bridgehead atoms. The Morgan fingerprint density at radius 2 is 2.30 bits per heavy atom. The van der Waals surface area contributed by atoms with Crippen LogP contribution >= 0.6 is 0 Å². The molecule has 0 spiro atoms. The van der Waals surface area contributed by atoms with Gasteiger partial charge in [-0.2, -0.15) is 0 Å². The van der Waals surface area contributed by atoms with Gasteiger partial charge in [0.25, 0.3) is 5.91 Å². The summed E-state index contributed by atoms with van der Waals surface area (Å²) in [7, 11) is 0. The van der Waals surface area contributed by atoms with Crippen LogP contribution in [0.2, 0.25) is 0 Å². The molecule has 1 heterocycles. The highest BCUT2D eigenvalue weighted by Gasteiger charge is 2.29. The monoisotopic (exact) mass is 277 g/mol. The Hall–Kier alpha value is -1.62. The third-order valence-electron chi connectivity index (χ3n) is 3.70. The first-order valence-electron chi connectivity index (χ1n) is 7.38. The van der Waals surface area contributed by atoms with Crippen LogP contribution in [0.1, 0.15) is 43.0 Å². The van der Waals surface area contributed by atoms with Crippen LogP contribution in [0.4, 0.5) is 5.82 Å². The Labute approximate surface area is 120 Å². The lowest BCUT2D eigenvalue weighted by Gasteiger charge is -2.37. The van der Waals surface area contributed by atoms with Gasteiger partial charge in [0.2, 0.25) is 0 Å². The number of carbonyl (C=O) groups excluding carboxylic acids is 1. The molecule has 0 saturated heterocycles. The van der Waals surface area contributed by atoms with Gasteiger partial charge in [0.1, 0.15) is 5.82 Å². The van der Waals surface area contributed by atoms with E-state index in [1.807, 2.05) is 24.0 Å². The molecule has 0 atom stereocenters. The molecule has 1 aliphatic carbocycles. The smallest absolute Gasteiger partial charge is 0.255 e. The van der Waals surface area contributed by atoms with Gasteiger partial charge in [0, 0.05) is 31.9 Å². The van der Waals surface area contributed by atoms with Gasteiger partial charge in [-0.3, -0.25) is 4.79 Å². The number of nitrogens with zero attached hydrogens (tertiary/aromatic N) is 2. The van der Waals surface area contributed by atoms with Crippen LogP contribution in [-0.2, 0) is 0 Å². The first kappa shape index (κ1) is 14.8. The van der Waals surface area contributed by atoms with Crippen LogP contribution in [0.25, 0.3) is 0 Å². The second kappa shape index (κ2) is 7.24. The van der Waals surface area contributed by atoms with Crippen LogP contribution in [0.15, 0.2) is 18.3 Å². The average molecular weight is 277 g/mol. The zero-order valence-corrected chi connectivity index (χ0v) is 12.0. The molecule has 1 aliphatic rings. The van der Waals surface area contributed by atoms with Gasteiger partial charge in [-0.05, 0) is 44.7 Å². The quantitative estimate of drug-likeness (QED) is 0.799. The number of hydrogen-bond donors (Lipinski definition) is 2. The van der Waals surface area contributed by atoms with Gasteiger partial charge in [-0.15, -0.1) is 0 Å². The van der Waals surface area contributed by atoms with Crippen LogP contribution in [0.5, 0.6) is 0 Å². The average Bonchev–Trinajstić information content (AvgIpc) is 2.42. The van der Waals surface area contributed by atoms with Gasteiger partial charge in [0.05, 0.1) is 5.56 Å². The maximum atomic E-state index is 12.5. The minimum atomic E-state index is 0.0266. The minimum Gasteiger partial charge on any atom is -0.396 e. The van der Waals surface area contributed by atoms with Crippen molar-refractivity contribution in [3.8, 4) is 0 Å². The Morgan fingerprint density at radius 3 is 2.80 bits per heavy atom. The zero-order valence-electron chi connectivity index (χ0n) is 12.0. The summed E-state index contributed by atoms with van der Waals surface area (Å²) in [4.78, 5) is 18.7. The predicted molar refractivity (Wildman–Crippen MR) is 78.8 cm³/mol. The van der Waals surface area contributed by atoms with Crippen molar-refractivity contribution in [1.82, 2.24) is 9.88 Å². The Balaban J connectivity index is 2.05. The second-order valence-electron chi connectivity index (χ2n) is 5.12. The normalized spacial score (nSPS) is 14.7. The van der Waals surface area contributed by atoms with Gasteiger partial charge >= 0.3 is 0 Å². The molecule has 1 aromatic heterocycles. The van der Waals surface area contributed by atoms with Crippen molar-refractivity contribution in [3.63, 3.8) is 0 Å². The SMILES string of the molecule is CCNc1ccc(C(=O)N(CCCO)C2CCC2)cn1. The number of amides is 1. The van der Waals surface area contributed by atoms with E-state index in [0.29, 0.717) is 24.6 Å². The highest BCUT2D eigenvalue weighted by Crippen LogP contribution is 2.26. The number of aromatic nitrogens is 1. The fraction of sp³-hybridized carbons (Fsp3) is 0.600. The summed E-state index contributed by atoms with van der Waals surface area (Å²) in [5.41, 5.74) is 0.622. The van der Waals surface area contributed by atoms with Crippen molar-refractivity contribution in [2.24, 2.45) is 0 Å². The molecule has 1 saturated carbocycles. The lowest BCUT2D eigenvalue weighted by Crippen LogP contribution is -2.45. The standard InChI is InChI=1S/C15H23N3O2/c1-2-16-14-8-7-12(11-17-14)15(20)18(9-4-10-19)13-5-3-6-13/h7-8,11,13,19H,2-6,9-10H2,1H3,(H,16,17). The van der Waals surface area contributed by atoms with Crippen LogP contribution in [-0.4, -0.2) is 46.6 Å².